The van der Waals surface area contributed by atoms with E-state index in [0.717, 1.165) is 13.1 Å². The summed E-state index contributed by atoms with van der Waals surface area (Å²) in [5.74, 6) is 0.526. The average Bonchev–Trinajstić information content (AvgIpc) is 2.83. The van der Waals surface area contributed by atoms with Gasteiger partial charge in [0.1, 0.15) is 0 Å². The van der Waals surface area contributed by atoms with Gasteiger partial charge >= 0.3 is 0 Å². The van der Waals surface area contributed by atoms with Gasteiger partial charge in [0.2, 0.25) is 0 Å². The molecule has 14 heavy (non-hydrogen) atoms. The van der Waals surface area contributed by atoms with E-state index in [4.69, 9.17) is 4.74 Å². The number of β-amino-alcohol motifs (C(OH)–C–C–N with tert-alkyl or cyclic N) is 2. The van der Waals surface area contributed by atoms with Crippen LogP contribution in [0.25, 0.3) is 0 Å². The molecule has 0 aromatic heterocycles. The second kappa shape index (κ2) is 3.77. The van der Waals surface area contributed by atoms with E-state index < -0.39 is 11.7 Å². The summed E-state index contributed by atoms with van der Waals surface area (Å²) in [6, 6.07) is 0. The normalized spacial score (nSPS) is 28.5. The van der Waals surface area contributed by atoms with Crippen molar-refractivity contribution in [3.63, 3.8) is 0 Å². The van der Waals surface area contributed by atoms with E-state index >= 15 is 0 Å². The number of rotatable bonds is 5. The molecule has 1 atom stereocenters. The molecule has 2 aliphatic rings. The molecule has 0 spiro atoms. The van der Waals surface area contributed by atoms with Crippen LogP contribution in [0.5, 0.6) is 0 Å². The predicted octanol–water partition coefficient (Wildman–Crippen LogP) is -0.550. The Morgan fingerprint density at radius 1 is 1.50 bits per heavy atom. The van der Waals surface area contributed by atoms with Crippen molar-refractivity contribution in [2.24, 2.45) is 5.92 Å². The highest BCUT2D eigenvalue weighted by molar-refractivity contribution is 5.05. The Labute approximate surface area is 84.5 Å². The van der Waals surface area contributed by atoms with Crippen molar-refractivity contribution in [1.29, 1.82) is 0 Å². The summed E-state index contributed by atoms with van der Waals surface area (Å²) in [7, 11) is 1.58. The molecule has 4 nitrogen and oxygen atoms in total. The fourth-order valence-electron chi connectivity index (χ4n) is 2.28. The number of likely N-dealkylation sites (tertiary alicyclic amines) is 1. The van der Waals surface area contributed by atoms with Gasteiger partial charge in [-0.1, -0.05) is 0 Å². The van der Waals surface area contributed by atoms with Gasteiger partial charge in [0.25, 0.3) is 0 Å². The van der Waals surface area contributed by atoms with Gasteiger partial charge in [-0.05, 0) is 18.8 Å². The minimum absolute atomic E-state index is 0.373. The SMILES string of the molecule is COCC(O)CN1CC(O)(C2CC2)C1. The van der Waals surface area contributed by atoms with Crippen LogP contribution in [-0.4, -0.2) is 60.2 Å². The predicted molar refractivity (Wildman–Crippen MR) is 52.0 cm³/mol. The first-order valence-corrected chi connectivity index (χ1v) is 5.26. The maximum Gasteiger partial charge on any atom is 0.0928 e. The molecule has 2 rings (SSSR count). The number of hydrogen-bond donors (Lipinski definition) is 2. The summed E-state index contributed by atoms with van der Waals surface area (Å²) in [6.07, 6.45) is 1.92. The van der Waals surface area contributed by atoms with Crippen LogP contribution in [-0.2, 0) is 4.74 Å². The minimum Gasteiger partial charge on any atom is -0.389 e. The average molecular weight is 201 g/mol. The van der Waals surface area contributed by atoms with Crippen LogP contribution >= 0.6 is 0 Å². The second-order valence-corrected chi connectivity index (χ2v) is 4.66. The lowest BCUT2D eigenvalue weighted by atomic mass is 9.88. The van der Waals surface area contributed by atoms with Crippen molar-refractivity contribution in [3.05, 3.63) is 0 Å². The Morgan fingerprint density at radius 2 is 2.14 bits per heavy atom. The van der Waals surface area contributed by atoms with Crippen LogP contribution in [0.3, 0.4) is 0 Å². The summed E-state index contributed by atoms with van der Waals surface area (Å²) in [6.45, 7) is 2.43. The van der Waals surface area contributed by atoms with E-state index in [9.17, 15) is 10.2 Å². The Morgan fingerprint density at radius 3 is 2.64 bits per heavy atom. The molecular weight excluding hydrogens is 182 g/mol. The molecule has 82 valence electrons. The number of ether oxygens (including phenoxy) is 1. The fraction of sp³-hybridized carbons (Fsp3) is 1.00. The maximum atomic E-state index is 10.0. The molecule has 0 aromatic rings. The third-order valence-corrected chi connectivity index (χ3v) is 3.16. The van der Waals surface area contributed by atoms with Crippen LogP contribution in [0.4, 0.5) is 0 Å². The van der Waals surface area contributed by atoms with Gasteiger partial charge in [-0.25, -0.2) is 0 Å². The lowest BCUT2D eigenvalue weighted by molar-refractivity contribution is -0.125. The zero-order chi connectivity index (χ0) is 10.2. The summed E-state index contributed by atoms with van der Waals surface area (Å²) in [5.41, 5.74) is -0.438. The molecule has 2 fully saturated rings. The third-order valence-electron chi connectivity index (χ3n) is 3.16. The third kappa shape index (κ3) is 2.08. The summed E-state index contributed by atoms with van der Waals surface area (Å²) < 4.78 is 4.85. The fourth-order valence-corrected chi connectivity index (χ4v) is 2.28. The molecule has 2 N–H and O–H groups in total. The van der Waals surface area contributed by atoms with E-state index in [0.29, 0.717) is 19.1 Å². The molecule has 0 bridgehead atoms. The first-order chi connectivity index (χ1) is 6.64. The van der Waals surface area contributed by atoms with Gasteiger partial charge in [-0.15, -0.1) is 0 Å². The highest BCUT2D eigenvalue weighted by atomic mass is 16.5. The molecule has 1 saturated heterocycles. The first kappa shape index (κ1) is 10.4. The van der Waals surface area contributed by atoms with Crippen molar-refractivity contribution >= 4 is 0 Å². The molecule has 1 unspecified atom stereocenters. The Bertz CT molecular complexity index is 200. The van der Waals surface area contributed by atoms with E-state index in [1.165, 1.54) is 12.8 Å². The summed E-state index contributed by atoms with van der Waals surface area (Å²) >= 11 is 0. The smallest absolute Gasteiger partial charge is 0.0928 e. The van der Waals surface area contributed by atoms with Crippen LogP contribution in [0.1, 0.15) is 12.8 Å². The molecular formula is C10H19NO3. The highest BCUT2D eigenvalue weighted by Gasteiger charge is 2.51. The van der Waals surface area contributed by atoms with Crippen molar-refractivity contribution in [2.75, 3.05) is 33.4 Å². The minimum atomic E-state index is -0.438. The number of aliphatic hydroxyl groups excluding tert-OH is 1. The maximum absolute atomic E-state index is 10.0. The van der Waals surface area contributed by atoms with Gasteiger partial charge in [-0.2, -0.15) is 0 Å². The molecule has 1 saturated carbocycles. The topological polar surface area (TPSA) is 52.9 Å². The van der Waals surface area contributed by atoms with Crippen LogP contribution < -0.4 is 0 Å². The molecule has 1 aliphatic heterocycles. The van der Waals surface area contributed by atoms with Crippen molar-refractivity contribution in [3.8, 4) is 0 Å². The van der Waals surface area contributed by atoms with Crippen molar-refractivity contribution in [2.45, 2.75) is 24.5 Å². The van der Waals surface area contributed by atoms with Crippen LogP contribution in [0, 0.1) is 5.92 Å². The van der Waals surface area contributed by atoms with Gasteiger partial charge < -0.3 is 14.9 Å². The van der Waals surface area contributed by atoms with Gasteiger partial charge in [0.15, 0.2) is 0 Å². The van der Waals surface area contributed by atoms with Gasteiger partial charge in [0.05, 0.1) is 18.3 Å². The molecule has 4 heteroatoms. The first-order valence-electron chi connectivity index (χ1n) is 5.26. The summed E-state index contributed by atoms with van der Waals surface area (Å²) in [4.78, 5) is 2.09. The number of aliphatic hydroxyl groups is 2. The number of hydrogen-bond acceptors (Lipinski definition) is 4. The monoisotopic (exact) mass is 201 g/mol. The molecule has 0 amide bonds. The van der Waals surface area contributed by atoms with Crippen LogP contribution in [0.15, 0.2) is 0 Å². The highest BCUT2D eigenvalue weighted by Crippen LogP contribution is 2.44. The van der Waals surface area contributed by atoms with Gasteiger partial charge in [0, 0.05) is 26.7 Å². The second-order valence-electron chi connectivity index (χ2n) is 4.66. The number of methoxy groups -OCH3 is 1. The standard InChI is InChI=1S/C10H19NO3/c1-14-5-9(12)4-11-6-10(13,7-11)8-2-3-8/h8-9,12-13H,2-7H2,1H3. The largest absolute Gasteiger partial charge is 0.389 e. The zero-order valence-corrected chi connectivity index (χ0v) is 8.65. The molecule has 0 aromatic carbocycles. The van der Waals surface area contributed by atoms with Gasteiger partial charge in [-0.3, -0.25) is 4.90 Å². The Balaban J connectivity index is 1.67. The Kier molecular flexibility index (Phi) is 2.79. The summed E-state index contributed by atoms with van der Waals surface area (Å²) in [5, 5.41) is 19.5. The molecule has 1 aliphatic carbocycles. The van der Waals surface area contributed by atoms with E-state index in [-0.39, 0.29) is 0 Å². The molecule has 1 heterocycles. The zero-order valence-electron chi connectivity index (χ0n) is 8.65. The quantitative estimate of drug-likeness (QED) is 0.626. The van der Waals surface area contributed by atoms with E-state index in [2.05, 4.69) is 4.90 Å². The molecule has 0 radical (unpaired) electrons. The lowest BCUT2D eigenvalue weighted by Gasteiger charge is -2.47. The van der Waals surface area contributed by atoms with Crippen LogP contribution in [0.2, 0.25) is 0 Å². The Hall–Kier alpha value is -0.160. The lowest BCUT2D eigenvalue weighted by Crippen LogP contribution is -2.64. The van der Waals surface area contributed by atoms with E-state index in [1.54, 1.807) is 7.11 Å². The van der Waals surface area contributed by atoms with E-state index in [1.807, 2.05) is 0 Å². The van der Waals surface area contributed by atoms with Crippen molar-refractivity contribution in [1.82, 2.24) is 4.90 Å². The number of nitrogens with zero attached hydrogens (tertiary/aromatic N) is 1. The van der Waals surface area contributed by atoms with Crippen molar-refractivity contribution < 1.29 is 14.9 Å².